The first kappa shape index (κ1) is 24.6. The molecule has 1 atom stereocenters. The molecule has 39 heavy (non-hydrogen) atoms. The number of ketones is 1. The van der Waals surface area contributed by atoms with Crippen LogP contribution < -0.4 is 19.1 Å². The summed E-state index contributed by atoms with van der Waals surface area (Å²) in [6.45, 7) is 2.90. The highest BCUT2D eigenvalue weighted by molar-refractivity contribution is 7.15. The zero-order valence-electron chi connectivity index (χ0n) is 20.9. The average molecular weight is 542 g/mol. The van der Waals surface area contributed by atoms with Crippen molar-refractivity contribution in [2.45, 2.75) is 19.6 Å². The second-order valence-electron chi connectivity index (χ2n) is 8.98. The lowest BCUT2D eigenvalue weighted by atomic mass is 9.95. The highest BCUT2D eigenvalue weighted by Gasteiger charge is 2.48. The molecule has 0 radical (unpaired) electrons. The molecule has 1 amide bonds. The van der Waals surface area contributed by atoms with Gasteiger partial charge in [-0.25, -0.2) is 0 Å². The molecule has 1 N–H and O–H groups in total. The molecular formula is C29H23N3O6S. The fourth-order valence-electron chi connectivity index (χ4n) is 4.59. The number of ether oxygens (including phenoxy) is 3. The van der Waals surface area contributed by atoms with Gasteiger partial charge in [-0.15, -0.1) is 10.2 Å². The molecule has 2 aliphatic heterocycles. The first-order valence-corrected chi connectivity index (χ1v) is 13.1. The molecule has 0 saturated carbocycles. The van der Waals surface area contributed by atoms with E-state index in [4.69, 9.17) is 14.2 Å². The van der Waals surface area contributed by atoms with Crippen molar-refractivity contribution < 1.29 is 28.9 Å². The molecule has 1 aromatic heterocycles. The Kier molecular flexibility index (Phi) is 6.45. The van der Waals surface area contributed by atoms with Gasteiger partial charge in [0.05, 0.1) is 11.6 Å². The van der Waals surface area contributed by atoms with Crippen LogP contribution in [0, 0.1) is 6.92 Å². The monoisotopic (exact) mass is 541 g/mol. The first-order chi connectivity index (χ1) is 19.0. The van der Waals surface area contributed by atoms with Gasteiger partial charge in [0.2, 0.25) is 5.13 Å². The number of aliphatic hydroxyl groups excluding tert-OH is 1. The number of aryl methyl sites for hydroxylation is 1. The Hall–Kier alpha value is -4.70. The zero-order valence-corrected chi connectivity index (χ0v) is 21.7. The number of hydrogen-bond acceptors (Lipinski definition) is 9. The molecule has 2 aliphatic rings. The maximum atomic E-state index is 13.4. The minimum atomic E-state index is -0.953. The van der Waals surface area contributed by atoms with Gasteiger partial charge in [0.25, 0.3) is 5.78 Å². The van der Waals surface area contributed by atoms with Gasteiger partial charge in [-0.1, -0.05) is 53.8 Å². The van der Waals surface area contributed by atoms with Gasteiger partial charge in [-0.3, -0.25) is 14.5 Å². The molecule has 3 heterocycles. The normalized spacial score (nSPS) is 17.9. The number of rotatable bonds is 6. The Balaban J connectivity index is 1.44. The number of aromatic nitrogens is 2. The molecule has 4 aromatic rings. The number of nitrogens with zero attached hydrogens (tertiary/aromatic N) is 3. The van der Waals surface area contributed by atoms with Crippen molar-refractivity contribution >= 4 is 33.9 Å². The van der Waals surface area contributed by atoms with E-state index in [9.17, 15) is 14.7 Å². The predicted molar refractivity (Wildman–Crippen MR) is 144 cm³/mol. The van der Waals surface area contributed by atoms with Crippen LogP contribution >= 0.6 is 11.3 Å². The Morgan fingerprint density at radius 1 is 1.00 bits per heavy atom. The summed E-state index contributed by atoms with van der Waals surface area (Å²) in [6.07, 6.45) is 0. The number of anilines is 1. The Bertz CT molecular complexity index is 1600. The molecule has 1 fully saturated rings. The van der Waals surface area contributed by atoms with Crippen LogP contribution in [0.4, 0.5) is 5.13 Å². The maximum absolute atomic E-state index is 13.4. The fraction of sp³-hybridized carbons (Fsp3) is 0.172. The largest absolute Gasteiger partial charge is 0.507 e. The summed E-state index contributed by atoms with van der Waals surface area (Å²) in [4.78, 5) is 28.1. The summed E-state index contributed by atoms with van der Waals surface area (Å²) in [6, 6.07) is 20.8. The Morgan fingerprint density at radius 3 is 2.56 bits per heavy atom. The zero-order chi connectivity index (χ0) is 26.9. The predicted octanol–water partition coefficient (Wildman–Crippen LogP) is 4.82. The van der Waals surface area contributed by atoms with Crippen molar-refractivity contribution in [3.63, 3.8) is 0 Å². The van der Waals surface area contributed by atoms with Gasteiger partial charge in [-0.2, -0.15) is 0 Å². The number of carbonyl (C=O) groups excluding carboxylic acids is 2. The minimum absolute atomic E-state index is 0.0651. The van der Waals surface area contributed by atoms with Crippen molar-refractivity contribution in [2.75, 3.05) is 18.1 Å². The number of Topliss-reactive ketones (excluding diaryl/α,β-unsaturated/α-hetero) is 1. The molecule has 1 saturated heterocycles. The van der Waals surface area contributed by atoms with Gasteiger partial charge in [-0.05, 0) is 48.4 Å². The van der Waals surface area contributed by atoms with Gasteiger partial charge in [0, 0.05) is 5.56 Å². The van der Waals surface area contributed by atoms with Gasteiger partial charge in [0.1, 0.15) is 36.3 Å². The van der Waals surface area contributed by atoms with Gasteiger partial charge >= 0.3 is 5.91 Å². The molecule has 9 nitrogen and oxygen atoms in total. The third kappa shape index (κ3) is 4.70. The Morgan fingerprint density at radius 2 is 1.79 bits per heavy atom. The summed E-state index contributed by atoms with van der Waals surface area (Å²) < 4.78 is 17.2. The van der Waals surface area contributed by atoms with Crippen LogP contribution in [0.3, 0.4) is 0 Å². The Labute approximate surface area is 227 Å². The lowest BCUT2D eigenvalue weighted by molar-refractivity contribution is -0.132. The summed E-state index contributed by atoms with van der Waals surface area (Å²) in [5, 5.41) is 20.5. The molecule has 0 spiro atoms. The molecular weight excluding hydrogens is 518 g/mol. The lowest BCUT2D eigenvalue weighted by Crippen LogP contribution is -2.29. The maximum Gasteiger partial charge on any atom is 0.301 e. The number of carbonyl (C=O) groups is 2. The van der Waals surface area contributed by atoms with E-state index in [0.717, 1.165) is 5.56 Å². The average Bonchev–Trinajstić information content (AvgIpc) is 3.51. The number of aliphatic hydroxyl groups is 1. The molecule has 10 heteroatoms. The van der Waals surface area contributed by atoms with Crippen molar-refractivity contribution in [1.29, 1.82) is 0 Å². The highest BCUT2D eigenvalue weighted by atomic mass is 32.1. The summed E-state index contributed by atoms with van der Waals surface area (Å²) >= 11 is 1.19. The summed E-state index contributed by atoms with van der Waals surface area (Å²) in [5.41, 5.74) is 1.83. The van der Waals surface area contributed by atoms with Crippen molar-refractivity contribution in [2.24, 2.45) is 0 Å². The topological polar surface area (TPSA) is 111 Å². The van der Waals surface area contributed by atoms with Crippen molar-refractivity contribution in [3.8, 4) is 17.2 Å². The van der Waals surface area contributed by atoms with Gasteiger partial charge < -0.3 is 19.3 Å². The quantitative estimate of drug-likeness (QED) is 0.210. The standard InChI is InChI=1S/C29H23N3O6S/c1-17-30-31-29(39-17)32-25(19-8-5-9-21(14-19)38-16-18-6-3-2-4-7-18)24(27(34)28(32)35)26(33)20-10-11-22-23(15-20)37-13-12-36-22/h2-11,14-15,25,33H,12-13,16H2,1H3/b26-24+. The van der Waals surface area contributed by atoms with Crippen LogP contribution in [0.2, 0.25) is 0 Å². The number of benzene rings is 3. The molecule has 6 rings (SSSR count). The van der Waals surface area contributed by atoms with E-state index in [1.54, 1.807) is 49.4 Å². The molecule has 1 unspecified atom stereocenters. The van der Waals surface area contributed by atoms with Crippen LogP contribution in [-0.4, -0.2) is 40.2 Å². The van der Waals surface area contributed by atoms with Gasteiger partial charge in [0.15, 0.2) is 11.5 Å². The smallest absolute Gasteiger partial charge is 0.301 e. The van der Waals surface area contributed by atoms with Crippen LogP contribution in [0.15, 0.2) is 78.4 Å². The van der Waals surface area contributed by atoms with E-state index in [1.807, 2.05) is 30.3 Å². The van der Waals surface area contributed by atoms with Crippen molar-refractivity contribution in [3.05, 3.63) is 100 Å². The van der Waals surface area contributed by atoms with Crippen LogP contribution in [0.1, 0.15) is 27.7 Å². The summed E-state index contributed by atoms with van der Waals surface area (Å²) in [5.74, 6) is -0.402. The molecule has 196 valence electrons. The summed E-state index contributed by atoms with van der Waals surface area (Å²) in [7, 11) is 0. The number of hydrogen-bond donors (Lipinski definition) is 1. The number of fused-ring (bicyclic) bond motifs is 1. The van der Waals surface area contributed by atoms with Crippen LogP contribution in [-0.2, 0) is 16.2 Å². The third-order valence-electron chi connectivity index (χ3n) is 6.40. The lowest BCUT2D eigenvalue weighted by Gasteiger charge is -2.23. The third-order valence-corrected chi connectivity index (χ3v) is 7.24. The van der Waals surface area contributed by atoms with E-state index < -0.39 is 17.7 Å². The highest BCUT2D eigenvalue weighted by Crippen LogP contribution is 2.44. The van der Waals surface area contributed by atoms with Crippen LogP contribution in [0.5, 0.6) is 17.2 Å². The van der Waals surface area contributed by atoms with E-state index in [2.05, 4.69) is 10.2 Å². The second-order valence-corrected chi connectivity index (χ2v) is 10.1. The number of amides is 1. The van der Waals surface area contributed by atoms with Crippen molar-refractivity contribution in [1.82, 2.24) is 10.2 Å². The fourth-order valence-corrected chi connectivity index (χ4v) is 5.30. The van der Waals surface area contributed by atoms with E-state index in [0.29, 0.717) is 53.2 Å². The molecule has 3 aromatic carbocycles. The van der Waals surface area contributed by atoms with E-state index in [-0.39, 0.29) is 16.5 Å². The second kappa shape index (κ2) is 10.2. The minimum Gasteiger partial charge on any atom is -0.507 e. The first-order valence-electron chi connectivity index (χ1n) is 12.3. The SMILES string of the molecule is Cc1nnc(N2C(=O)C(=O)/C(=C(/O)c3ccc4c(c3)OCCO4)C2c2cccc(OCc3ccccc3)c2)s1. The molecule has 0 bridgehead atoms. The van der Waals surface area contributed by atoms with Crippen LogP contribution in [0.25, 0.3) is 5.76 Å². The van der Waals surface area contributed by atoms with E-state index >= 15 is 0 Å². The van der Waals surface area contributed by atoms with E-state index in [1.165, 1.54) is 16.2 Å². The molecule has 0 aliphatic carbocycles.